The number of amides is 3. The van der Waals surface area contributed by atoms with E-state index in [0.717, 1.165) is 40.6 Å². The van der Waals surface area contributed by atoms with Crippen LogP contribution in [0.1, 0.15) is 110 Å². The van der Waals surface area contributed by atoms with Crippen LogP contribution in [0.15, 0.2) is 66.3 Å². The topological polar surface area (TPSA) is 171 Å². The number of anilines is 1. The molecule has 72 heavy (non-hydrogen) atoms. The molecular weight excluding hydrogens is 952 g/mol. The van der Waals surface area contributed by atoms with Crippen LogP contribution in [0, 0.1) is 35.7 Å². The van der Waals surface area contributed by atoms with E-state index in [9.17, 15) is 24.3 Å². The summed E-state index contributed by atoms with van der Waals surface area (Å²) in [5.74, 6) is 0.260. The molecule has 2 aromatic carbocycles. The Bertz CT molecular complexity index is 2620. The first-order valence-corrected chi connectivity index (χ1v) is 26.2. The molecule has 2 aliphatic heterocycles. The highest BCUT2D eigenvalue weighted by molar-refractivity contribution is 7.13. The van der Waals surface area contributed by atoms with Gasteiger partial charge in [-0.1, -0.05) is 90.4 Å². The molecule has 0 bridgehead atoms. The molecule has 2 saturated heterocycles. The molecule has 4 heterocycles. The van der Waals surface area contributed by atoms with Crippen molar-refractivity contribution in [2.75, 3.05) is 44.3 Å². The lowest BCUT2D eigenvalue weighted by molar-refractivity contribution is -0.196. The van der Waals surface area contributed by atoms with E-state index < -0.39 is 35.4 Å². The number of Topliss-reactive ketones (excluding diaryl/α,β-unsaturated/α-hetero) is 1. The lowest BCUT2D eigenvalue weighted by Crippen LogP contribution is -2.66. The lowest BCUT2D eigenvalue weighted by atomic mass is 9.44. The van der Waals surface area contributed by atoms with Gasteiger partial charge in [0, 0.05) is 73.7 Å². The van der Waals surface area contributed by atoms with Crippen LogP contribution in [0.25, 0.3) is 15.3 Å². The highest BCUT2D eigenvalue weighted by atomic mass is 35.5. The summed E-state index contributed by atoms with van der Waals surface area (Å²) >= 11 is 7.87. The minimum Gasteiger partial charge on any atom is -0.489 e. The molecule has 2 aromatic heterocycles. The van der Waals surface area contributed by atoms with Crippen molar-refractivity contribution < 1.29 is 33.8 Å². The van der Waals surface area contributed by atoms with E-state index in [1.165, 1.54) is 4.90 Å². The normalized spacial score (nSPS) is 23.6. The van der Waals surface area contributed by atoms with Crippen LogP contribution in [-0.4, -0.2) is 124 Å². The van der Waals surface area contributed by atoms with Gasteiger partial charge in [-0.3, -0.25) is 24.1 Å². The first-order chi connectivity index (χ1) is 33.9. The Kier molecular flexibility index (Phi) is 16.6. The standard InChI is InChI=1S/C55H71ClN8O7S/c1-32-27-62(28-33(2)64(32)46-20-17-38(26-58-46)44(66)25-45-54(8,9)52(55(45,10)11)71-40-18-19-42(57-12)41(56)24-40)21-22-70-30-47(67)61-49(53(5,6)7)51(69)63-29-39(65)23-43(63)50(68)60-34(3)36-13-15-37(16-14-36)48-35(4)59-31-72-48/h13-20,24,26,31-34,39,43,45,49,52,65H,21-23,25,27-30H2,1-11H3,(H,60,68)(H,61,67)/t32-,33+,34-,39+,43?,45?,49+,52?/m0/s1. The maximum Gasteiger partial charge on any atom is 0.246 e. The molecule has 1 unspecified atom stereocenters. The number of ether oxygens (including phenoxy) is 2. The molecule has 17 heteroatoms. The average Bonchev–Trinajstić information content (AvgIpc) is 3.94. The summed E-state index contributed by atoms with van der Waals surface area (Å²) < 4.78 is 12.3. The van der Waals surface area contributed by atoms with Gasteiger partial charge < -0.3 is 35.0 Å². The number of piperazine rings is 1. The van der Waals surface area contributed by atoms with E-state index in [1.807, 2.05) is 76.5 Å². The minimum atomic E-state index is -0.969. The molecule has 3 N–H and O–H groups in total. The predicted molar refractivity (Wildman–Crippen MR) is 281 cm³/mol. The number of rotatable bonds is 17. The Morgan fingerprint density at radius 2 is 1.65 bits per heavy atom. The van der Waals surface area contributed by atoms with E-state index in [4.69, 9.17) is 32.6 Å². The Labute approximate surface area is 433 Å². The summed E-state index contributed by atoms with van der Waals surface area (Å²) in [5, 5.41) is 17.0. The number of carbonyl (C=O) groups is 4. The lowest BCUT2D eigenvalue weighted by Gasteiger charge is -2.63. The van der Waals surface area contributed by atoms with Gasteiger partial charge in [0.1, 0.15) is 36.4 Å². The van der Waals surface area contributed by atoms with Gasteiger partial charge in [-0.2, -0.15) is 0 Å². The van der Waals surface area contributed by atoms with Crippen LogP contribution >= 0.6 is 22.9 Å². The van der Waals surface area contributed by atoms with Gasteiger partial charge >= 0.3 is 0 Å². The predicted octanol–water partition coefficient (Wildman–Crippen LogP) is 8.71. The van der Waals surface area contributed by atoms with Crippen LogP contribution in [0.5, 0.6) is 5.75 Å². The maximum absolute atomic E-state index is 14.2. The van der Waals surface area contributed by atoms with Gasteiger partial charge in [-0.05, 0) is 74.4 Å². The molecule has 15 nitrogen and oxygen atoms in total. The molecule has 386 valence electrons. The van der Waals surface area contributed by atoms with Crippen LogP contribution < -0.4 is 20.3 Å². The third-order valence-electron chi connectivity index (χ3n) is 15.0. The van der Waals surface area contributed by atoms with Crippen LogP contribution in [0.4, 0.5) is 11.5 Å². The number of aliphatic hydroxyl groups is 1. The molecule has 3 amide bonds. The number of pyridine rings is 1. The third-order valence-corrected chi connectivity index (χ3v) is 16.3. The number of aryl methyl sites for hydroxylation is 1. The fraction of sp³-hybridized carbons (Fsp3) is 0.545. The fourth-order valence-corrected chi connectivity index (χ4v) is 12.5. The van der Waals surface area contributed by atoms with E-state index in [-0.39, 0.29) is 72.2 Å². The smallest absolute Gasteiger partial charge is 0.246 e. The monoisotopic (exact) mass is 1020 g/mol. The Balaban J connectivity index is 0.860. The summed E-state index contributed by atoms with van der Waals surface area (Å²) in [4.78, 5) is 74.7. The van der Waals surface area contributed by atoms with E-state index >= 15 is 0 Å². The summed E-state index contributed by atoms with van der Waals surface area (Å²) in [6, 6.07) is 14.9. The summed E-state index contributed by atoms with van der Waals surface area (Å²) in [6.07, 6.45) is 1.10. The Morgan fingerprint density at radius 1 is 0.972 bits per heavy atom. The van der Waals surface area contributed by atoms with Crippen molar-refractivity contribution in [3.8, 4) is 16.2 Å². The quantitative estimate of drug-likeness (QED) is 0.0525. The van der Waals surface area contributed by atoms with Crippen molar-refractivity contribution in [1.82, 2.24) is 30.4 Å². The number of likely N-dealkylation sites (tertiary alicyclic amines) is 1. The second kappa shape index (κ2) is 22.0. The van der Waals surface area contributed by atoms with Gasteiger partial charge in [0.2, 0.25) is 23.4 Å². The number of carbonyl (C=O) groups excluding carboxylic acids is 4. The van der Waals surface area contributed by atoms with Gasteiger partial charge in [0.15, 0.2) is 5.78 Å². The molecule has 0 radical (unpaired) electrons. The van der Waals surface area contributed by atoms with Gasteiger partial charge in [-0.15, -0.1) is 11.3 Å². The zero-order valence-corrected chi connectivity index (χ0v) is 45.1. The van der Waals surface area contributed by atoms with Crippen molar-refractivity contribution in [2.45, 2.75) is 131 Å². The number of halogens is 1. The highest BCUT2D eigenvalue weighted by Gasteiger charge is 2.63. The van der Waals surface area contributed by atoms with Crippen LogP contribution in [0.2, 0.25) is 5.02 Å². The van der Waals surface area contributed by atoms with Crippen molar-refractivity contribution >= 4 is 57.9 Å². The molecule has 1 saturated carbocycles. The maximum atomic E-state index is 14.2. The highest BCUT2D eigenvalue weighted by Crippen LogP contribution is 2.62. The molecule has 4 aromatic rings. The van der Waals surface area contributed by atoms with Gasteiger partial charge in [0.05, 0.1) is 46.4 Å². The molecule has 3 aliphatic rings. The number of aromatic nitrogens is 2. The summed E-state index contributed by atoms with van der Waals surface area (Å²) in [6.45, 7) is 31.6. The Morgan fingerprint density at radius 3 is 2.24 bits per heavy atom. The minimum absolute atomic E-state index is 0.0191. The van der Waals surface area contributed by atoms with Crippen molar-refractivity contribution in [3.63, 3.8) is 0 Å². The van der Waals surface area contributed by atoms with E-state index in [0.29, 0.717) is 41.6 Å². The number of hydrogen-bond acceptors (Lipinski definition) is 12. The molecule has 0 spiro atoms. The SMILES string of the molecule is [C-]#[N+]c1ccc(OC2C(C)(C)C(CC(=O)c3ccc(N4[C@H](C)CN(CCOCC(=O)N[C@H](C(=O)N5C[C@H](O)CC5C(=O)N[C@@H](C)c5ccc(-c6scnc6C)cc5)C(C)(C)C)C[C@@H]4C)nc3)C2(C)C)cc1Cl. The van der Waals surface area contributed by atoms with E-state index in [1.54, 1.807) is 35.7 Å². The number of thiazole rings is 1. The number of nitrogens with zero attached hydrogens (tertiary/aromatic N) is 6. The molecule has 7 rings (SSSR count). The van der Waals surface area contributed by atoms with Gasteiger partial charge in [0.25, 0.3) is 0 Å². The zero-order valence-electron chi connectivity index (χ0n) is 43.5. The number of benzene rings is 2. The summed E-state index contributed by atoms with van der Waals surface area (Å²) in [5.41, 5.74) is 4.38. The average molecular weight is 1020 g/mol. The van der Waals surface area contributed by atoms with Crippen molar-refractivity contribution in [1.29, 1.82) is 0 Å². The molecule has 1 aliphatic carbocycles. The Hall–Kier alpha value is -5.44. The van der Waals surface area contributed by atoms with E-state index in [2.05, 4.69) is 71.8 Å². The van der Waals surface area contributed by atoms with Crippen LogP contribution in [-0.2, 0) is 19.1 Å². The first kappa shape index (κ1) is 54.3. The van der Waals surface area contributed by atoms with Crippen molar-refractivity contribution in [3.05, 3.63) is 99.6 Å². The molecule has 3 fully saturated rings. The fourth-order valence-electron chi connectivity index (χ4n) is 11.5. The first-order valence-electron chi connectivity index (χ1n) is 24.9. The number of aliphatic hydroxyl groups excluding tert-OH is 1. The summed E-state index contributed by atoms with van der Waals surface area (Å²) in [7, 11) is 0. The number of nitrogens with one attached hydrogen (secondary N) is 2. The number of β-amino-alcohol motifs (C(OH)–C–C–N with tert-alkyl or cyclic N) is 1. The molecule has 6 atom stereocenters. The third kappa shape index (κ3) is 11.8. The molecular formula is C55H71ClN8O7S. The van der Waals surface area contributed by atoms with Gasteiger partial charge in [-0.25, -0.2) is 14.8 Å². The number of hydrogen-bond donors (Lipinski definition) is 3. The van der Waals surface area contributed by atoms with Crippen molar-refractivity contribution in [2.24, 2.45) is 22.2 Å². The zero-order chi connectivity index (χ0) is 52.4. The second-order valence-electron chi connectivity index (χ2n) is 22.2. The second-order valence-corrected chi connectivity index (χ2v) is 23.5. The number of ketones is 1. The largest absolute Gasteiger partial charge is 0.489 e. The van der Waals surface area contributed by atoms with Crippen LogP contribution in [0.3, 0.4) is 0 Å².